The van der Waals surface area contributed by atoms with Crippen LogP contribution in [0.1, 0.15) is 20.8 Å². The topological polar surface area (TPSA) is 61.8 Å². The van der Waals surface area contributed by atoms with Crippen LogP contribution in [0, 0.1) is 0 Å². The molecule has 0 N–H and O–H groups in total. The Kier molecular flexibility index (Phi) is 6.55. The van der Waals surface area contributed by atoms with Gasteiger partial charge in [0.2, 0.25) is 0 Å². The first-order chi connectivity index (χ1) is 12.8. The third-order valence-electron chi connectivity index (χ3n) is 3.54. The number of carbonyl (C=O) groups excluding carboxylic acids is 2. The van der Waals surface area contributed by atoms with Gasteiger partial charge in [-0.05, 0) is 56.2 Å². The third kappa shape index (κ3) is 5.31. The first-order valence-electron chi connectivity index (χ1n) is 8.44. The van der Waals surface area contributed by atoms with Crippen LogP contribution in [0.4, 0.5) is 0 Å². The van der Waals surface area contributed by atoms with Crippen molar-refractivity contribution in [2.24, 2.45) is 0 Å². The van der Waals surface area contributed by atoms with Gasteiger partial charge in [0.25, 0.3) is 0 Å². The number of carbonyl (C=O) groups is 2. The molecule has 0 atom stereocenters. The summed E-state index contributed by atoms with van der Waals surface area (Å²) in [5.74, 6) is 0.254. The number of hydrogen-bond donors (Lipinski definition) is 0. The van der Waals surface area contributed by atoms with Crippen molar-refractivity contribution < 1.29 is 23.8 Å². The van der Waals surface area contributed by atoms with Gasteiger partial charge in [-0.2, -0.15) is 0 Å². The van der Waals surface area contributed by atoms with E-state index in [1.807, 2.05) is 25.1 Å². The van der Waals surface area contributed by atoms with Gasteiger partial charge in [-0.15, -0.1) is 0 Å². The summed E-state index contributed by atoms with van der Waals surface area (Å²) in [6.45, 7) is 12.6. The lowest BCUT2D eigenvalue weighted by Gasteiger charge is -2.13. The van der Waals surface area contributed by atoms with Gasteiger partial charge in [0, 0.05) is 11.1 Å². The van der Waals surface area contributed by atoms with Crippen molar-refractivity contribution in [3.63, 3.8) is 0 Å². The van der Waals surface area contributed by atoms with E-state index in [0.717, 1.165) is 11.1 Å². The molecular weight excluding hydrogens is 344 g/mol. The minimum absolute atomic E-state index is 0.307. The Hall–Kier alpha value is -3.34. The predicted molar refractivity (Wildman–Crippen MR) is 104 cm³/mol. The Morgan fingerprint density at radius 1 is 0.815 bits per heavy atom. The average molecular weight is 366 g/mol. The zero-order valence-electron chi connectivity index (χ0n) is 15.7. The standard InChI is InChI=1S/C22H22O5/c1-6-25-20-13-17(9-12-19(20)27-22(24)15(4)5)16-7-10-18(11-8-16)26-21(23)14(2)3/h7-13H,2,4,6H2,1,3,5H3. The van der Waals surface area contributed by atoms with Crippen LogP contribution >= 0.6 is 0 Å². The summed E-state index contributed by atoms with van der Waals surface area (Å²) >= 11 is 0. The molecular formula is C22H22O5. The smallest absolute Gasteiger partial charge is 0.338 e. The lowest BCUT2D eigenvalue weighted by molar-refractivity contribution is -0.131. The Morgan fingerprint density at radius 2 is 1.37 bits per heavy atom. The van der Waals surface area contributed by atoms with Gasteiger partial charge >= 0.3 is 11.9 Å². The maximum Gasteiger partial charge on any atom is 0.338 e. The van der Waals surface area contributed by atoms with E-state index in [-0.39, 0.29) is 0 Å². The van der Waals surface area contributed by atoms with Crippen molar-refractivity contribution in [1.82, 2.24) is 0 Å². The summed E-state index contributed by atoms with van der Waals surface area (Å²) in [5, 5.41) is 0. The van der Waals surface area contributed by atoms with Crippen LogP contribution in [0.2, 0.25) is 0 Å². The number of benzene rings is 2. The maximum atomic E-state index is 11.8. The molecule has 0 radical (unpaired) electrons. The normalized spacial score (nSPS) is 10.0. The highest BCUT2D eigenvalue weighted by atomic mass is 16.6. The van der Waals surface area contributed by atoms with Gasteiger partial charge in [-0.3, -0.25) is 0 Å². The molecule has 27 heavy (non-hydrogen) atoms. The molecule has 2 aromatic rings. The molecule has 0 heterocycles. The second-order valence-corrected chi connectivity index (χ2v) is 5.96. The zero-order valence-corrected chi connectivity index (χ0v) is 15.7. The third-order valence-corrected chi connectivity index (χ3v) is 3.54. The van der Waals surface area contributed by atoms with Crippen LogP contribution in [-0.2, 0) is 9.59 Å². The molecule has 2 aromatic carbocycles. The fourth-order valence-corrected chi connectivity index (χ4v) is 2.14. The fourth-order valence-electron chi connectivity index (χ4n) is 2.14. The maximum absolute atomic E-state index is 11.8. The molecule has 0 amide bonds. The molecule has 0 saturated carbocycles. The van der Waals surface area contributed by atoms with E-state index >= 15 is 0 Å². The molecule has 0 unspecified atom stereocenters. The van der Waals surface area contributed by atoms with Crippen molar-refractivity contribution >= 4 is 11.9 Å². The summed E-state index contributed by atoms with van der Waals surface area (Å²) in [7, 11) is 0. The molecule has 0 aliphatic carbocycles. The van der Waals surface area contributed by atoms with Crippen LogP contribution < -0.4 is 14.2 Å². The first kappa shape index (κ1) is 20.0. The summed E-state index contributed by atoms with van der Waals surface area (Å²) in [5.41, 5.74) is 2.40. The van der Waals surface area contributed by atoms with Crippen molar-refractivity contribution in [3.05, 3.63) is 66.8 Å². The number of hydrogen-bond acceptors (Lipinski definition) is 5. The molecule has 140 valence electrons. The molecule has 0 bridgehead atoms. The van der Waals surface area contributed by atoms with Crippen LogP contribution in [-0.4, -0.2) is 18.5 Å². The monoisotopic (exact) mass is 366 g/mol. The lowest BCUT2D eigenvalue weighted by Crippen LogP contribution is -2.09. The van der Waals surface area contributed by atoms with Gasteiger partial charge in [0.1, 0.15) is 5.75 Å². The minimum Gasteiger partial charge on any atom is -0.490 e. The van der Waals surface area contributed by atoms with Gasteiger partial charge in [0.05, 0.1) is 6.61 Å². The van der Waals surface area contributed by atoms with Gasteiger partial charge in [-0.25, -0.2) is 9.59 Å². The lowest BCUT2D eigenvalue weighted by atomic mass is 10.0. The highest BCUT2D eigenvalue weighted by molar-refractivity contribution is 5.89. The van der Waals surface area contributed by atoms with Gasteiger partial charge in [-0.1, -0.05) is 31.4 Å². The highest BCUT2D eigenvalue weighted by Crippen LogP contribution is 2.34. The predicted octanol–water partition coefficient (Wildman–Crippen LogP) is 4.72. The van der Waals surface area contributed by atoms with Crippen molar-refractivity contribution in [3.8, 4) is 28.4 Å². The summed E-state index contributed by atoms with van der Waals surface area (Å²) in [4.78, 5) is 23.3. The zero-order chi connectivity index (χ0) is 20.0. The minimum atomic E-state index is -0.507. The highest BCUT2D eigenvalue weighted by Gasteiger charge is 2.13. The molecule has 0 spiro atoms. The summed E-state index contributed by atoms with van der Waals surface area (Å²) in [6.07, 6.45) is 0. The van der Waals surface area contributed by atoms with E-state index < -0.39 is 11.9 Å². The van der Waals surface area contributed by atoms with Crippen molar-refractivity contribution in [2.45, 2.75) is 20.8 Å². The van der Waals surface area contributed by atoms with E-state index in [1.54, 1.807) is 38.1 Å². The fraction of sp³-hybridized carbons (Fsp3) is 0.182. The quantitative estimate of drug-likeness (QED) is 0.403. The van der Waals surface area contributed by atoms with Crippen LogP contribution in [0.5, 0.6) is 17.2 Å². The molecule has 0 fully saturated rings. The van der Waals surface area contributed by atoms with Gasteiger partial charge < -0.3 is 14.2 Å². The Labute approximate surface area is 158 Å². The first-order valence-corrected chi connectivity index (χ1v) is 8.44. The molecule has 0 aliphatic heterocycles. The van der Waals surface area contributed by atoms with Crippen LogP contribution in [0.3, 0.4) is 0 Å². The molecule has 5 heteroatoms. The second kappa shape index (κ2) is 8.85. The van der Waals surface area contributed by atoms with E-state index in [4.69, 9.17) is 14.2 Å². The van der Waals surface area contributed by atoms with Gasteiger partial charge in [0.15, 0.2) is 11.5 Å². The average Bonchev–Trinajstić information content (AvgIpc) is 2.63. The Balaban J connectivity index is 2.26. The van der Waals surface area contributed by atoms with E-state index in [1.165, 1.54) is 0 Å². The molecule has 0 aliphatic rings. The largest absolute Gasteiger partial charge is 0.490 e. The molecule has 0 saturated heterocycles. The van der Waals surface area contributed by atoms with Crippen LogP contribution in [0.25, 0.3) is 11.1 Å². The van der Waals surface area contributed by atoms with E-state index in [2.05, 4.69) is 13.2 Å². The number of esters is 2. The Morgan fingerprint density at radius 3 is 1.93 bits per heavy atom. The van der Waals surface area contributed by atoms with E-state index in [0.29, 0.717) is 35.0 Å². The second-order valence-electron chi connectivity index (χ2n) is 5.96. The van der Waals surface area contributed by atoms with Crippen LogP contribution in [0.15, 0.2) is 66.8 Å². The van der Waals surface area contributed by atoms with E-state index in [9.17, 15) is 9.59 Å². The SMILES string of the molecule is C=C(C)C(=O)Oc1ccc(-c2ccc(OC(=O)C(=C)C)c(OCC)c2)cc1. The molecule has 2 rings (SSSR count). The molecule has 5 nitrogen and oxygen atoms in total. The van der Waals surface area contributed by atoms with Crippen molar-refractivity contribution in [1.29, 1.82) is 0 Å². The van der Waals surface area contributed by atoms with Crippen molar-refractivity contribution in [2.75, 3.05) is 6.61 Å². The molecule has 0 aromatic heterocycles. The number of ether oxygens (including phenoxy) is 3. The Bertz CT molecular complexity index is 878. The summed E-state index contributed by atoms with van der Waals surface area (Å²) in [6, 6.07) is 12.3. The summed E-state index contributed by atoms with van der Waals surface area (Å²) < 4.78 is 16.1. The number of rotatable bonds is 7.